The maximum absolute atomic E-state index is 12.1. The van der Waals surface area contributed by atoms with E-state index in [1.54, 1.807) is 0 Å². The third kappa shape index (κ3) is 3.00. The van der Waals surface area contributed by atoms with Gasteiger partial charge in [0.15, 0.2) is 5.54 Å². The van der Waals surface area contributed by atoms with Crippen molar-refractivity contribution in [3.8, 4) is 0 Å². The average Bonchev–Trinajstić information content (AvgIpc) is 2.96. The molecule has 2 rings (SSSR count). The van der Waals surface area contributed by atoms with E-state index < -0.39 is 17.4 Å². The molecule has 1 aliphatic rings. The number of pyridine rings is 1. The zero-order valence-corrected chi connectivity index (χ0v) is 11.4. The maximum Gasteiger partial charge on any atom is 0.331 e. The van der Waals surface area contributed by atoms with Crippen LogP contribution in [0.4, 0.5) is 0 Å². The fourth-order valence-corrected chi connectivity index (χ4v) is 1.97. The molecule has 1 aliphatic heterocycles. The van der Waals surface area contributed by atoms with Gasteiger partial charge in [0.2, 0.25) is 0 Å². The molecule has 3 N–H and O–H groups in total. The Hall–Kier alpha value is -2.48. The van der Waals surface area contributed by atoms with E-state index in [0.717, 1.165) is 0 Å². The summed E-state index contributed by atoms with van der Waals surface area (Å²) in [4.78, 5) is 38.6. The number of hydrogen-bond acceptors (Lipinski definition) is 5. The number of carbonyl (C=O) groups is 3. The SMILES string of the molecule is CNC(=O)c1ccc(C(=O)NC2(C(=O)O)CCOC2)cn1. The Kier molecular flexibility index (Phi) is 4.18. The fourth-order valence-electron chi connectivity index (χ4n) is 1.97. The molecule has 1 saturated heterocycles. The molecule has 0 aromatic carbocycles. The zero-order valence-electron chi connectivity index (χ0n) is 11.4. The molecule has 0 bridgehead atoms. The number of ether oxygens (including phenoxy) is 1. The number of rotatable bonds is 4. The van der Waals surface area contributed by atoms with Crippen molar-refractivity contribution in [3.05, 3.63) is 29.6 Å². The predicted molar refractivity (Wildman–Crippen MR) is 70.9 cm³/mol. The van der Waals surface area contributed by atoms with Crippen molar-refractivity contribution in [3.63, 3.8) is 0 Å². The molecule has 1 aromatic heterocycles. The Balaban J connectivity index is 2.13. The lowest BCUT2D eigenvalue weighted by Crippen LogP contribution is -2.55. The largest absolute Gasteiger partial charge is 0.479 e. The summed E-state index contributed by atoms with van der Waals surface area (Å²) in [6, 6.07) is 2.81. The Morgan fingerprint density at radius 2 is 2.10 bits per heavy atom. The molecular formula is C13H15N3O5. The lowest BCUT2D eigenvalue weighted by atomic mass is 9.98. The van der Waals surface area contributed by atoms with Crippen LogP contribution >= 0.6 is 0 Å². The Morgan fingerprint density at radius 3 is 2.57 bits per heavy atom. The first-order chi connectivity index (χ1) is 9.98. The molecule has 0 aliphatic carbocycles. The standard InChI is InChI=1S/C13H15N3O5/c1-14-11(18)9-3-2-8(6-15-9)10(17)16-13(12(19)20)4-5-21-7-13/h2-3,6H,4-5,7H2,1H3,(H,14,18)(H,16,17)(H,19,20). The summed E-state index contributed by atoms with van der Waals surface area (Å²) < 4.78 is 5.06. The monoisotopic (exact) mass is 293 g/mol. The second-order valence-corrected chi connectivity index (χ2v) is 4.66. The minimum atomic E-state index is -1.41. The van der Waals surface area contributed by atoms with E-state index in [2.05, 4.69) is 15.6 Å². The highest BCUT2D eigenvalue weighted by Gasteiger charge is 2.44. The van der Waals surface area contributed by atoms with Crippen LogP contribution in [0.25, 0.3) is 0 Å². The van der Waals surface area contributed by atoms with E-state index in [9.17, 15) is 19.5 Å². The van der Waals surface area contributed by atoms with Crippen molar-refractivity contribution in [1.82, 2.24) is 15.6 Å². The van der Waals surface area contributed by atoms with Gasteiger partial charge in [0, 0.05) is 26.3 Å². The highest BCUT2D eigenvalue weighted by Crippen LogP contribution is 2.19. The quantitative estimate of drug-likeness (QED) is 0.683. The van der Waals surface area contributed by atoms with Crippen molar-refractivity contribution < 1.29 is 24.2 Å². The Morgan fingerprint density at radius 1 is 1.33 bits per heavy atom. The summed E-state index contributed by atoms with van der Waals surface area (Å²) in [6.45, 7) is 0.207. The highest BCUT2D eigenvalue weighted by atomic mass is 16.5. The first-order valence-electron chi connectivity index (χ1n) is 6.30. The number of aliphatic carboxylic acids is 1. The molecule has 8 heteroatoms. The molecule has 1 aromatic rings. The number of carboxylic acids is 1. The molecule has 1 atom stereocenters. The number of hydrogen-bond donors (Lipinski definition) is 3. The number of nitrogens with one attached hydrogen (secondary N) is 2. The van der Waals surface area contributed by atoms with E-state index in [0.29, 0.717) is 0 Å². The van der Waals surface area contributed by atoms with Gasteiger partial charge in [-0.3, -0.25) is 14.6 Å². The van der Waals surface area contributed by atoms with Gasteiger partial charge in [-0.2, -0.15) is 0 Å². The molecule has 0 spiro atoms. The van der Waals surface area contributed by atoms with E-state index in [-0.39, 0.29) is 36.8 Å². The van der Waals surface area contributed by atoms with Crippen LogP contribution in [0.5, 0.6) is 0 Å². The van der Waals surface area contributed by atoms with Gasteiger partial charge >= 0.3 is 5.97 Å². The van der Waals surface area contributed by atoms with Gasteiger partial charge in [0.05, 0.1) is 12.2 Å². The number of carbonyl (C=O) groups excluding carboxylic acids is 2. The van der Waals surface area contributed by atoms with Gasteiger partial charge in [-0.1, -0.05) is 0 Å². The number of nitrogens with zero attached hydrogens (tertiary/aromatic N) is 1. The van der Waals surface area contributed by atoms with Crippen molar-refractivity contribution in [2.75, 3.05) is 20.3 Å². The molecular weight excluding hydrogens is 278 g/mol. The lowest BCUT2D eigenvalue weighted by molar-refractivity contribution is -0.144. The van der Waals surface area contributed by atoms with Crippen LogP contribution in [0.2, 0.25) is 0 Å². The van der Waals surface area contributed by atoms with E-state index in [1.807, 2.05) is 0 Å². The number of amides is 2. The molecule has 0 radical (unpaired) electrons. The Bertz CT molecular complexity index is 564. The van der Waals surface area contributed by atoms with E-state index in [4.69, 9.17) is 4.74 Å². The lowest BCUT2D eigenvalue weighted by Gasteiger charge is -2.23. The van der Waals surface area contributed by atoms with Crippen LogP contribution in [0, 0.1) is 0 Å². The first kappa shape index (κ1) is 14.9. The first-order valence-corrected chi connectivity index (χ1v) is 6.30. The van der Waals surface area contributed by atoms with Crippen molar-refractivity contribution in [2.45, 2.75) is 12.0 Å². The van der Waals surface area contributed by atoms with Crippen LogP contribution in [0.1, 0.15) is 27.3 Å². The van der Waals surface area contributed by atoms with Crippen LogP contribution < -0.4 is 10.6 Å². The topological polar surface area (TPSA) is 118 Å². The summed E-state index contributed by atoms with van der Waals surface area (Å²) in [7, 11) is 1.47. The molecule has 8 nitrogen and oxygen atoms in total. The third-order valence-corrected chi connectivity index (χ3v) is 3.27. The number of carboxylic acid groups (broad SMARTS) is 1. The summed E-state index contributed by atoms with van der Waals surface area (Å²) in [5.41, 5.74) is -1.06. The molecule has 0 saturated carbocycles. The summed E-state index contributed by atoms with van der Waals surface area (Å²) in [5.74, 6) is -2.07. The van der Waals surface area contributed by atoms with Gasteiger partial charge < -0.3 is 20.5 Å². The molecule has 2 amide bonds. The van der Waals surface area contributed by atoms with Crippen LogP contribution in [-0.2, 0) is 9.53 Å². The molecule has 21 heavy (non-hydrogen) atoms. The summed E-state index contributed by atoms with van der Waals surface area (Å²) >= 11 is 0. The minimum absolute atomic E-state index is 0.0716. The van der Waals surface area contributed by atoms with Crippen molar-refractivity contribution >= 4 is 17.8 Å². The van der Waals surface area contributed by atoms with Crippen LogP contribution in [-0.4, -0.2) is 53.7 Å². The molecule has 2 heterocycles. The normalized spacial score (nSPS) is 20.8. The number of aromatic nitrogens is 1. The third-order valence-electron chi connectivity index (χ3n) is 3.27. The average molecular weight is 293 g/mol. The van der Waals surface area contributed by atoms with E-state index >= 15 is 0 Å². The summed E-state index contributed by atoms with van der Waals surface area (Å²) in [6.07, 6.45) is 1.43. The molecule has 1 fully saturated rings. The Labute approximate surface area is 120 Å². The maximum atomic E-state index is 12.1. The molecule has 112 valence electrons. The summed E-state index contributed by atoms with van der Waals surface area (Å²) in [5, 5.41) is 14.1. The van der Waals surface area contributed by atoms with Gasteiger partial charge in [-0.25, -0.2) is 4.79 Å². The fraction of sp³-hybridized carbons (Fsp3) is 0.385. The second kappa shape index (κ2) is 5.88. The minimum Gasteiger partial charge on any atom is -0.479 e. The predicted octanol–water partition coefficient (Wildman–Crippen LogP) is -0.585. The van der Waals surface area contributed by atoms with Crippen molar-refractivity contribution in [1.29, 1.82) is 0 Å². The zero-order chi connectivity index (χ0) is 15.5. The second-order valence-electron chi connectivity index (χ2n) is 4.66. The van der Waals surface area contributed by atoms with Crippen LogP contribution in [0.15, 0.2) is 18.3 Å². The van der Waals surface area contributed by atoms with Crippen molar-refractivity contribution in [2.24, 2.45) is 0 Å². The molecule has 1 unspecified atom stereocenters. The highest BCUT2D eigenvalue weighted by molar-refractivity contribution is 5.98. The van der Waals surface area contributed by atoms with Crippen LogP contribution in [0.3, 0.4) is 0 Å². The van der Waals surface area contributed by atoms with Gasteiger partial charge in [0.1, 0.15) is 5.69 Å². The smallest absolute Gasteiger partial charge is 0.331 e. The van der Waals surface area contributed by atoms with Gasteiger partial charge in [-0.05, 0) is 12.1 Å². The van der Waals surface area contributed by atoms with Gasteiger partial charge in [0.25, 0.3) is 11.8 Å². The van der Waals surface area contributed by atoms with E-state index in [1.165, 1.54) is 25.4 Å². The van der Waals surface area contributed by atoms with Gasteiger partial charge in [-0.15, -0.1) is 0 Å².